The minimum absolute atomic E-state index is 0.0235. The highest BCUT2D eigenvalue weighted by atomic mass is 19.3. The smallest absolute Gasteiger partial charge is 0.408 e. The van der Waals surface area contributed by atoms with Crippen molar-refractivity contribution in [3.05, 3.63) is 29.8 Å². The first-order valence-corrected chi connectivity index (χ1v) is 16.3. The zero-order chi connectivity index (χ0) is 32.1. The van der Waals surface area contributed by atoms with E-state index in [1.54, 1.807) is 18.2 Å². The zero-order valence-electron chi connectivity index (χ0n) is 26.4. The average Bonchev–Trinajstić information content (AvgIpc) is 3.91. The van der Waals surface area contributed by atoms with Crippen LogP contribution >= 0.6 is 0 Å². The molecule has 3 fully saturated rings. The Morgan fingerprint density at radius 1 is 1.11 bits per heavy atom. The van der Waals surface area contributed by atoms with E-state index in [4.69, 9.17) is 14.2 Å². The molecule has 2 aromatic rings. The van der Waals surface area contributed by atoms with E-state index < -0.39 is 53.9 Å². The van der Waals surface area contributed by atoms with Gasteiger partial charge in [-0.2, -0.15) is 0 Å². The van der Waals surface area contributed by atoms with E-state index in [-0.39, 0.29) is 42.5 Å². The predicted molar refractivity (Wildman–Crippen MR) is 162 cm³/mol. The maximum absolute atomic E-state index is 16.0. The summed E-state index contributed by atoms with van der Waals surface area (Å²) in [6.45, 7) is 7.33. The molecular formula is C34H43F2N3O6. The number of aldehydes is 1. The lowest BCUT2D eigenvalue weighted by atomic mass is 9.85. The summed E-state index contributed by atoms with van der Waals surface area (Å²) >= 11 is 0. The fraction of sp³-hybridized carbons (Fsp3) is 0.647. The number of alkyl halides is 2. The standard InChI is InChI=1S/C34H43F2N3O6/c1-5-23-26(18-40)39-17-28(23)44-30-24(14-19-9-10-22(16-25(19)37-30)43-21-11-12-21)34(35,36)13-7-6-8-20-15-27(20)45-32(42)38-29(31(39)41)33(2,3)4/h9-10,14,16,18,20-21,23,26-29H,5-8,11-13,15,17H2,1-4H3,(H,38,42)/t20-,23+,26-,27-,28+,29-/m1/s1. The number of nitrogens with one attached hydrogen (secondary N) is 1. The van der Waals surface area contributed by atoms with E-state index in [1.165, 1.54) is 11.0 Å². The highest BCUT2D eigenvalue weighted by molar-refractivity contribution is 5.89. The monoisotopic (exact) mass is 627 g/mol. The van der Waals surface area contributed by atoms with Gasteiger partial charge in [0.15, 0.2) is 0 Å². The molecule has 0 radical (unpaired) electrons. The van der Waals surface area contributed by atoms with Gasteiger partial charge in [0.05, 0.1) is 29.8 Å². The minimum Gasteiger partial charge on any atom is -0.490 e. The fourth-order valence-corrected chi connectivity index (χ4v) is 6.68. The third-order valence-electron chi connectivity index (χ3n) is 9.59. The molecule has 9 nitrogen and oxygen atoms in total. The molecule has 1 aromatic heterocycles. The van der Waals surface area contributed by atoms with Crippen molar-refractivity contribution < 1.29 is 37.4 Å². The average molecular weight is 628 g/mol. The summed E-state index contributed by atoms with van der Waals surface area (Å²) in [5.74, 6) is -3.64. The first-order valence-electron chi connectivity index (χ1n) is 16.3. The van der Waals surface area contributed by atoms with Crippen molar-refractivity contribution in [3.8, 4) is 11.6 Å². The molecular weight excluding hydrogens is 584 g/mol. The Morgan fingerprint density at radius 2 is 1.89 bits per heavy atom. The molecule has 0 spiro atoms. The number of pyridine rings is 1. The molecule has 1 aromatic carbocycles. The van der Waals surface area contributed by atoms with E-state index in [0.717, 1.165) is 12.8 Å². The Bertz CT molecular complexity index is 1460. The SMILES string of the molecule is CC[C@@H]1[C@@H]2CN(C(=O)[C@H](C(C)(C)C)NC(=O)O[C@@H]3C[C@H]3CCCCC(F)(F)c3cc4ccc(OC5CC5)cc4nc3O2)[C@@H]1C=O. The number of fused-ring (bicyclic) bond motifs is 5. The number of ether oxygens (including phenoxy) is 3. The Hall–Kier alpha value is -3.50. The molecule has 1 N–H and O–H groups in total. The number of amides is 2. The van der Waals surface area contributed by atoms with Gasteiger partial charge in [0.25, 0.3) is 5.92 Å². The second-order valence-electron chi connectivity index (χ2n) is 14.2. The highest BCUT2D eigenvalue weighted by Gasteiger charge is 2.49. The second kappa shape index (κ2) is 12.0. The number of hydrogen-bond acceptors (Lipinski definition) is 7. The number of benzene rings is 1. The zero-order valence-corrected chi connectivity index (χ0v) is 26.4. The van der Waals surface area contributed by atoms with Crippen LogP contribution in [-0.2, 0) is 20.2 Å². The van der Waals surface area contributed by atoms with Gasteiger partial charge < -0.3 is 29.2 Å². The molecule has 11 heteroatoms. The van der Waals surface area contributed by atoms with Crippen LogP contribution < -0.4 is 14.8 Å². The molecule has 2 aliphatic carbocycles. The lowest BCUT2D eigenvalue weighted by Gasteiger charge is -2.34. The number of nitrogens with zero attached hydrogens (tertiary/aromatic N) is 2. The summed E-state index contributed by atoms with van der Waals surface area (Å²) in [5.41, 5.74) is -0.545. The molecule has 0 unspecified atom stereocenters. The lowest BCUT2D eigenvalue weighted by Crippen LogP contribution is -2.56. The van der Waals surface area contributed by atoms with E-state index >= 15 is 8.78 Å². The third kappa shape index (κ3) is 6.72. The number of carbonyl (C=O) groups excluding carboxylic acids is 3. The van der Waals surface area contributed by atoms with E-state index in [1.807, 2.05) is 27.7 Å². The Labute approximate surface area is 262 Å². The van der Waals surface area contributed by atoms with Gasteiger partial charge >= 0.3 is 6.09 Å². The van der Waals surface area contributed by atoms with Crippen LogP contribution in [-0.4, -0.2) is 65.1 Å². The van der Waals surface area contributed by atoms with Crippen LogP contribution in [0.5, 0.6) is 11.6 Å². The number of hydrogen-bond donors (Lipinski definition) is 1. The molecule has 2 amide bonds. The van der Waals surface area contributed by atoms with Gasteiger partial charge in [-0.05, 0) is 68.1 Å². The summed E-state index contributed by atoms with van der Waals surface area (Å²) < 4.78 is 50.0. The molecule has 6 atom stereocenters. The number of alkyl carbamates (subject to hydrolysis) is 1. The molecule has 6 rings (SSSR count). The van der Waals surface area contributed by atoms with E-state index in [9.17, 15) is 14.4 Å². The van der Waals surface area contributed by atoms with Crippen LogP contribution in [0.3, 0.4) is 0 Å². The van der Waals surface area contributed by atoms with Crippen molar-refractivity contribution in [1.82, 2.24) is 15.2 Å². The van der Waals surface area contributed by atoms with Crippen LogP contribution in [0.1, 0.15) is 84.6 Å². The summed E-state index contributed by atoms with van der Waals surface area (Å²) in [6.07, 6.45) is 3.26. The molecule has 2 bridgehead atoms. The molecule has 45 heavy (non-hydrogen) atoms. The largest absolute Gasteiger partial charge is 0.490 e. The number of carbonyl (C=O) groups is 3. The normalized spacial score (nSPS) is 30.6. The van der Waals surface area contributed by atoms with Crippen LogP contribution in [0.4, 0.5) is 13.6 Å². The molecule has 244 valence electrons. The van der Waals surface area contributed by atoms with Crippen LogP contribution in [0, 0.1) is 17.3 Å². The Balaban J connectivity index is 1.39. The predicted octanol–water partition coefficient (Wildman–Crippen LogP) is 6.15. The highest BCUT2D eigenvalue weighted by Crippen LogP contribution is 2.44. The van der Waals surface area contributed by atoms with Gasteiger partial charge in [-0.1, -0.05) is 34.1 Å². The number of halogens is 2. The van der Waals surface area contributed by atoms with Crippen LogP contribution in [0.15, 0.2) is 24.3 Å². The van der Waals surface area contributed by atoms with Crippen molar-refractivity contribution in [2.75, 3.05) is 6.54 Å². The van der Waals surface area contributed by atoms with Gasteiger partial charge in [0.2, 0.25) is 11.8 Å². The summed E-state index contributed by atoms with van der Waals surface area (Å²) in [5, 5.41) is 3.31. The number of aromatic nitrogens is 1. The van der Waals surface area contributed by atoms with Crippen molar-refractivity contribution >= 4 is 29.2 Å². The van der Waals surface area contributed by atoms with Gasteiger partial charge in [0, 0.05) is 23.8 Å². The summed E-state index contributed by atoms with van der Waals surface area (Å²) in [4.78, 5) is 45.5. The minimum atomic E-state index is -3.23. The summed E-state index contributed by atoms with van der Waals surface area (Å²) in [7, 11) is 0. The third-order valence-corrected chi connectivity index (χ3v) is 9.59. The van der Waals surface area contributed by atoms with Crippen molar-refractivity contribution in [1.29, 1.82) is 0 Å². The maximum Gasteiger partial charge on any atom is 0.408 e. The molecule has 4 aliphatic rings. The van der Waals surface area contributed by atoms with Crippen molar-refractivity contribution in [2.45, 2.75) is 115 Å². The summed E-state index contributed by atoms with van der Waals surface area (Å²) in [6, 6.07) is 4.85. The van der Waals surface area contributed by atoms with Crippen LogP contribution in [0.2, 0.25) is 0 Å². The maximum atomic E-state index is 16.0. The van der Waals surface area contributed by atoms with E-state index in [2.05, 4.69) is 10.3 Å². The van der Waals surface area contributed by atoms with Crippen molar-refractivity contribution in [2.24, 2.45) is 17.3 Å². The van der Waals surface area contributed by atoms with Gasteiger partial charge in [-0.15, -0.1) is 0 Å². The van der Waals surface area contributed by atoms with Crippen LogP contribution in [0.25, 0.3) is 10.9 Å². The number of rotatable bonds is 4. The van der Waals surface area contributed by atoms with Gasteiger partial charge in [-0.25, -0.2) is 18.6 Å². The Morgan fingerprint density at radius 3 is 2.58 bits per heavy atom. The second-order valence-corrected chi connectivity index (χ2v) is 14.2. The Kier molecular flexibility index (Phi) is 8.41. The molecule has 1 saturated heterocycles. The van der Waals surface area contributed by atoms with E-state index in [0.29, 0.717) is 48.6 Å². The molecule has 2 aliphatic heterocycles. The molecule has 3 heterocycles. The first kappa shape index (κ1) is 31.5. The van der Waals surface area contributed by atoms with Gasteiger partial charge in [-0.3, -0.25) is 4.79 Å². The first-order chi connectivity index (χ1) is 21.4. The molecule has 2 saturated carbocycles. The topological polar surface area (TPSA) is 107 Å². The van der Waals surface area contributed by atoms with Gasteiger partial charge in [0.1, 0.15) is 30.3 Å². The fourth-order valence-electron chi connectivity index (χ4n) is 6.68. The van der Waals surface area contributed by atoms with Crippen molar-refractivity contribution in [3.63, 3.8) is 0 Å². The quantitative estimate of drug-likeness (QED) is 0.405. The lowest BCUT2D eigenvalue weighted by molar-refractivity contribution is -0.139.